The van der Waals surface area contributed by atoms with Crippen LogP contribution in [-0.4, -0.2) is 18.6 Å². The van der Waals surface area contributed by atoms with E-state index in [9.17, 15) is 4.79 Å². The number of carbonyl (C=O) groups excluding carboxylic acids is 1. The zero-order chi connectivity index (χ0) is 13.7. The number of rotatable bonds is 5. The first kappa shape index (κ1) is 15.5. The van der Waals surface area contributed by atoms with Crippen LogP contribution in [0.1, 0.15) is 53.4 Å². The summed E-state index contributed by atoms with van der Waals surface area (Å²) in [6.45, 7) is 9.15. The van der Waals surface area contributed by atoms with Crippen molar-refractivity contribution in [3.8, 4) is 0 Å². The number of hydrogen-bond donors (Lipinski definition) is 1. The fourth-order valence-electron chi connectivity index (χ4n) is 2.72. The lowest BCUT2D eigenvalue weighted by Gasteiger charge is -2.32. The Hall–Kier alpha value is -0.570. The fraction of sp³-hybridized carbons (Fsp3) is 0.933. The summed E-state index contributed by atoms with van der Waals surface area (Å²) in [5.41, 5.74) is 5.68. The molecule has 0 aromatic rings. The van der Waals surface area contributed by atoms with Crippen molar-refractivity contribution in [3.63, 3.8) is 0 Å². The quantitative estimate of drug-likeness (QED) is 0.768. The SMILES string of the molecule is CC(C)CC(CN)C(=O)OC1CCC(C)C(C)C1. The first-order valence-corrected chi connectivity index (χ1v) is 7.34. The zero-order valence-corrected chi connectivity index (χ0v) is 12.3. The standard InChI is InChI=1S/C15H29NO2/c1-10(2)7-13(9-16)15(17)18-14-6-5-11(3)12(4)8-14/h10-14H,5-9,16H2,1-4H3. The second-order valence-electron chi connectivity index (χ2n) is 6.39. The summed E-state index contributed by atoms with van der Waals surface area (Å²) in [7, 11) is 0. The number of hydrogen-bond acceptors (Lipinski definition) is 3. The van der Waals surface area contributed by atoms with Crippen LogP contribution in [0.3, 0.4) is 0 Å². The molecular weight excluding hydrogens is 226 g/mol. The maximum atomic E-state index is 12.1. The lowest BCUT2D eigenvalue weighted by Crippen LogP contribution is -2.33. The third kappa shape index (κ3) is 4.60. The van der Waals surface area contributed by atoms with E-state index in [1.807, 2.05) is 0 Å². The van der Waals surface area contributed by atoms with Crippen molar-refractivity contribution in [2.24, 2.45) is 29.4 Å². The fourth-order valence-corrected chi connectivity index (χ4v) is 2.72. The molecule has 1 rings (SSSR count). The smallest absolute Gasteiger partial charge is 0.310 e. The largest absolute Gasteiger partial charge is 0.462 e. The molecule has 3 heteroatoms. The second kappa shape index (κ2) is 7.13. The van der Waals surface area contributed by atoms with Gasteiger partial charge in [0.1, 0.15) is 6.10 Å². The highest BCUT2D eigenvalue weighted by Gasteiger charge is 2.29. The van der Waals surface area contributed by atoms with Gasteiger partial charge in [-0.2, -0.15) is 0 Å². The van der Waals surface area contributed by atoms with Gasteiger partial charge in [0.05, 0.1) is 5.92 Å². The van der Waals surface area contributed by atoms with Crippen molar-refractivity contribution in [2.75, 3.05) is 6.54 Å². The highest BCUT2D eigenvalue weighted by Crippen LogP contribution is 2.31. The van der Waals surface area contributed by atoms with E-state index in [1.54, 1.807) is 0 Å². The average molecular weight is 255 g/mol. The van der Waals surface area contributed by atoms with Gasteiger partial charge >= 0.3 is 5.97 Å². The minimum atomic E-state index is -0.125. The first-order valence-electron chi connectivity index (χ1n) is 7.34. The molecule has 0 aliphatic heterocycles. The molecular formula is C15H29NO2. The molecule has 2 N–H and O–H groups in total. The van der Waals surface area contributed by atoms with Crippen LogP contribution in [0.15, 0.2) is 0 Å². The number of esters is 1. The van der Waals surface area contributed by atoms with Crippen LogP contribution in [0, 0.1) is 23.7 Å². The molecule has 1 aliphatic rings. The van der Waals surface area contributed by atoms with Crippen LogP contribution in [0.2, 0.25) is 0 Å². The van der Waals surface area contributed by atoms with E-state index in [2.05, 4.69) is 27.7 Å². The second-order valence-corrected chi connectivity index (χ2v) is 6.39. The van der Waals surface area contributed by atoms with Crippen molar-refractivity contribution in [2.45, 2.75) is 59.5 Å². The molecule has 3 nitrogen and oxygen atoms in total. The maximum absolute atomic E-state index is 12.1. The maximum Gasteiger partial charge on any atom is 0.310 e. The summed E-state index contributed by atoms with van der Waals surface area (Å²) < 4.78 is 5.65. The van der Waals surface area contributed by atoms with Crippen LogP contribution in [0.25, 0.3) is 0 Å². The summed E-state index contributed by atoms with van der Waals surface area (Å²) in [5, 5.41) is 0. The Morgan fingerprint density at radius 3 is 2.44 bits per heavy atom. The first-order chi connectivity index (χ1) is 8.43. The van der Waals surface area contributed by atoms with E-state index in [4.69, 9.17) is 10.5 Å². The summed E-state index contributed by atoms with van der Waals surface area (Å²) in [6, 6.07) is 0. The minimum Gasteiger partial charge on any atom is -0.462 e. The van der Waals surface area contributed by atoms with Gasteiger partial charge in [-0.1, -0.05) is 27.7 Å². The molecule has 0 amide bonds. The summed E-state index contributed by atoms with van der Waals surface area (Å²) in [6.07, 6.45) is 4.12. The van der Waals surface area contributed by atoms with E-state index in [0.29, 0.717) is 18.4 Å². The average Bonchev–Trinajstić information content (AvgIpc) is 2.30. The lowest BCUT2D eigenvalue weighted by atomic mass is 9.80. The Balaban J connectivity index is 2.43. The van der Waals surface area contributed by atoms with Gasteiger partial charge in [-0.05, 0) is 43.4 Å². The van der Waals surface area contributed by atoms with E-state index in [1.165, 1.54) is 0 Å². The van der Waals surface area contributed by atoms with Gasteiger partial charge in [0, 0.05) is 6.54 Å². The Bertz CT molecular complexity index is 265. The number of ether oxygens (including phenoxy) is 1. The monoisotopic (exact) mass is 255 g/mol. The predicted molar refractivity (Wildman–Crippen MR) is 74.1 cm³/mol. The highest BCUT2D eigenvalue weighted by atomic mass is 16.5. The molecule has 0 spiro atoms. The van der Waals surface area contributed by atoms with Crippen LogP contribution >= 0.6 is 0 Å². The molecule has 0 bridgehead atoms. The van der Waals surface area contributed by atoms with Gasteiger partial charge < -0.3 is 10.5 Å². The molecule has 1 fully saturated rings. The third-order valence-corrected chi connectivity index (χ3v) is 4.21. The van der Waals surface area contributed by atoms with E-state index >= 15 is 0 Å². The van der Waals surface area contributed by atoms with Crippen LogP contribution < -0.4 is 5.73 Å². The van der Waals surface area contributed by atoms with Crippen molar-refractivity contribution >= 4 is 5.97 Å². The van der Waals surface area contributed by atoms with Crippen LogP contribution in [-0.2, 0) is 9.53 Å². The van der Waals surface area contributed by atoms with Gasteiger partial charge in [-0.3, -0.25) is 4.79 Å². The molecule has 0 aromatic carbocycles. The van der Waals surface area contributed by atoms with Gasteiger partial charge in [0.2, 0.25) is 0 Å². The zero-order valence-electron chi connectivity index (χ0n) is 12.3. The number of nitrogens with two attached hydrogens (primary N) is 1. The molecule has 106 valence electrons. The molecule has 4 unspecified atom stereocenters. The Kier molecular flexibility index (Phi) is 6.13. The summed E-state index contributed by atoms with van der Waals surface area (Å²) >= 11 is 0. The minimum absolute atomic E-state index is 0.0852. The van der Waals surface area contributed by atoms with Crippen molar-refractivity contribution < 1.29 is 9.53 Å². The third-order valence-electron chi connectivity index (χ3n) is 4.21. The molecule has 0 heterocycles. The van der Waals surface area contributed by atoms with Gasteiger partial charge in [0.15, 0.2) is 0 Å². The lowest BCUT2D eigenvalue weighted by molar-refractivity contribution is -0.157. The molecule has 18 heavy (non-hydrogen) atoms. The van der Waals surface area contributed by atoms with Gasteiger partial charge in [-0.15, -0.1) is 0 Å². The molecule has 0 saturated heterocycles. The summed E-state index contributed by atoms with van der Waals surface area (Å²) in [4.78, 5) is 12.1. The molecule has 4 atom stereocenters. The highest BCUT2D eigenvalue weighted by molar-refractivity contribution is 5.72. The topological polar surface area (TPSA) is 52.3 Å². The summed E-state index contributed by atoms with van der Waals surface area (Å²) in [5.74, 6) is 1.67. The van der Waals surface area contributed by atoms with Crippen molar-refractivity contribution in [3.05, 3.63) is 0 Å². The number of carbonyl (C=O) groups is 1. The van der Waals surface area contributed by atoms with E-state index in [-0.39, 0.29) is 18.0 Å². The molecule has 1 saturated carbocycles. The van der Waals surface area contributed by atoms with Gasteiger partial charge in [0.25, 0.3) is 0 Å². The molecule has 0 aromatic heterocycles. The van der Waals surface area contributed by atoms with Crippen LogP contribution in [0.4, 0.5) is 0 Å². The van der Waals surface area contributed by atoms with Crippen LogP contribution in [0.5, 0.6) is 0 Å². The molecule has 0 radical (unpaired) electrons. The van der Waals surface area contributed by atoms with E-state index < -0.39 is 0 Å². The predicted octanol–water partition coefficient (Wildman–Crippen LogP) is 2.98. The van der Waals surface area contributed by atoms with Crippen molar-refractivity contribution in [1.29, 1.82) is 0 Å². The van der Waals surface area contributed by atoms with E-state index in [0.717, 1.165) is 31.6 Å². The van der Waals surface area contributed by atoms with Gasteiger partial charge in [-0.25, -0.2) is 0 Å². The Morgan fingerprint density at radius 2 is 1.94 bits per heavy atom. The Morgan fingerprint density at radius 1 is 1.28 bits per heavy atom. The van der Waals surface area contributed by atoms with Crippen molar-refractivity contribution in [1.82, 2.24) is 0 Å². The normalized spacial score (nSPS) is 30.2. The molecule has 1 aliphatic carbocycles. The Labute approximate surface area is 111 Å².